The molecule has 0 aromatic heterocycles. The van der Waals surface area contributed by atoms with Crippen molar-refractivity contribution in [2.45, 2.75) is 39.2 Å². The average molecular weight is 185 g/mol. The first kappa shape index (κ1) is 11.0. The van der Waals surface area contributed by atoms with Gasteiger partial charge in [0.05, 0.1) is 0 Å². The Hall–Kier alpha value is -0.120. The summed E-state index contributed by atoms with van der Waals surface area (Å²) in [5, 5.41) is 5.46. The molecule has 78 valence electrons. The minimum Gasteiger partial charge on any atom is -0.312 e. The SMILES string of the molecule is CC.NN1CCC(NCC2CC2)C1. The third kappa shape index (κ3) is 4.07. The summed E-state index contributed by atoms with van der Waals surface area (Å²) in [6.07, 6.45) is 4.10. The van der Waals surface area contributed by atoms with Crippen LogP contribution in [-0.2, 0) is 0 Å². The van der Waals surface area contributed by atoms with Crippen LogP contribution in [0.2, 0.25) is 0 Å². The van der Waals surface area contributed by atoms with Crippen molar-refractivity contribution >= 4 is 0 Å². The summed E-state index contributed by atoms with van der Waals surface area (Å²) >= 11 is 0. The van der Waals surface area contributed by atoms with Gasteiger partial charge in [-0.25, -0.2) is 5.01 Å². The van der Waals surface area contributed by atoms with Crippen molar-refractivity contribution in [2.24, 2.45) is 11.8 Å². The third-order valence-corrected chi connectivity index (χ3v) is 2.61. The standard InChI is InChI=1S/C8H17N3.C2H6/c9-11-4-3-8(6-11)10-5-7-1-2-7;1-2/h7-8,10H,1-6,9H2;1-2H3. The van der Waals surface area contributed by atoms with E-state index in [1.807, 2.05) is 18.9 Å². The summed E-state index contributed by atoms with van der Waals surface area (Å²) < 4.78 is 0. The van der Waals surface area contributed by atoms with Crippen molar-refractivity contribution < 1.29 is 0 Å². The molecular weight excluding hydrogens is 162 g/mol. The molecule has 0 bridgehead atoms. The van der Waals surface area contributed by atoms with Crippen molar-refractivity contribution in [1.29, 1.82) is 0 Å². The fraction of sp³-hybridized carbons (Fsp3) is 1.00. The molecule has 0 amide bonds. The van der Waals surface area contributed by atoms with E-state index in [1.54, 1.807) is 0 Å². The highest BCUT2D eigenvalue weighted by Crippen LogP contribution is 2.27. The molecule has 3 nitrogen and oxygen atoms in total. The van der Waals surface area contributed by atoms with Gasteiger partial charge in [0.2, 0.25) is 0 Å². The predicted molar refractivity (Wildman–Crippen MR) is 56.2 cm³/mol. The molecular formula is C10H23N3. The highest BCUT2D eigenvalue weighted by atomic mass is 15.4. The first-order valence-corrected chi connectivity index (χ1v) is 5.57. The van der Waals surface area contributed by atoms with Gasteiger partial charge in [0, 0.05) is 19.1 Å². The second-order valence-corrected chi connectivity index (χ2v) is 3.83. The summed E-state index contributed by atoms with van der Waals surface area (Å²) in [6.45, 7) is 7.31. The van der Waals surface area contributed by atoms with Crippen molar-refractivity contribution in [2.75, 3.05) is 19.6 Å². The molecule has 0 aromatic carbocycles. The van der Waals surface area contributed by atoms with Crippen LogP contribution in [0.3, 0.4) is 0 Å². The highest BCUT2D eigenvalue weighted by Gasteiger charge is 2.24. The molecule has 3 heteroatoms. The number of nitrogens with two attached hydrogens (primary N) is 1. The maximum Gasteiger partial charge on any atom is 0.0283 e. The summed E-state index contributed by atoms with van der Waals surface area (Å²) in [6, 6.07) is 0.667. The number of hydrogen-bond acceptors (Lipinski definition) is 3. The average Bonchev–Trinajstić information content (AvgIpc) is 2.90. The minimum atomic E-state index is 0.667. The van der Waals surface area contributed by atoms with Crippen molar-refractivity contribution in [3.8, 4) is 0 Å². The van der Waals surface area contributed by atoms with Crippen LogP contribution in [0, 0.1) is 5.92 Å². The lowest BCUT2D eigenvalue weighted by molar-refractivity contribution is 0.341. The van der Waals surface area contributed by atoms with Crippen LogP contribution in [0.1, 0.15) is 33.1 Å². The molecule has 2 rings (SSSR count). The molecule has 13 heavy (non-hydrogen) atoms. The predicted octanol–water partition coefficient (Wildman–Crippen LogP) is 0.960. The number of nitrogens with one attached hydrogen (secondary N) is 1. The Morgan fingerprint density at radius 3 is 2.46 bits per heavy atom. The Kier molecular flexibility index (Phi) is 4.70. The van der Waals surface area contributed by atoms with Gasteiger partial charge in [-0.05, 0) is 31.7 Å². The Morgan fingerprint density at radius 2 is 2.00 bits per heavy atom. The summed E-state index contributed by atoms with van der Waals surface area (Å²) in [5.41, 5.74) is 0. The van der Waals surface area contributed by atoms with E-state index in [0.29, 0.717) is 6.04 Å². The van der Waals surface area contributed by atoms with Crippen LogP contribution in [0.25, 0.3) is 0 Å². The zero-order valence-electron chi connectivity index (χ0n) is 8.92. The number of hydrazine groups is 1. The van der Waals surface area contributed by atoms with E-state index in [1.165, 1.54) is 25.8 Å². The zero-order chi connectivity index (χ0) is 9.68. The lowest BCUT2D eigenvalue weighted by Crippen LogP contribution is -2.36. The number of nitrogens with zero attached hydrogens (tertiary/aromatic N) is 1. The molecule has 1 aliphatic heterocycles. The van der Waals surface area contributed by atoms with E-state index in [2.05, 4.69) is 5.32 Å². The maximum atomic E-state index is 5.64. The van der Waals surface area contributed by atoms with Gasteiger partial charge in [-0.3, -0.25) is 5.84 Å². The zero-order valence-corrected chi connectivity index (χ0v) is 8.92. The monoisotopic (exact) mass is 185 g/mol. The molecule has 3 N–H and O–H groups in total. The molecule has 1 atom stereocenters. The molecule has 1 saturated carbocycles. The van der Waals surface area contributed by atoms with Gasteiger partial charge in [0.1, 0.15) is 0 Å². The van der Waals surface area contributed by atoms with Gasteiger partial charge in [-0.15, -0.1) is 0 Å². The van der Waals surface area contributed by atoms with Crippen LogP contribution in [-0.4, -0.2) is 30.7 Å². The highest BCUT2D eigenvalue weighted by molar-refractivity contribution is 4.82. The van der Waals surface area contributed by atoms with Gasteiger partial charge >= 0.3 is 0 Å². The van der Waals surface area contributed by atoms with Gasteiger partial charge in [0.15, 0.2) is 0 Å². The molecule has 1 saturated heterocycles. The van der Waals surface area contributed by atoms with Crippen molar-refractivity contribution in [3.05, 3.63) is 0 Å². The summed E-state index contributed by atoms with van der Waals surface area (Å²) in [5.74, 6) is 6.63. The molecule has 0 aromatic rings. The fourth-order valence-corrected chi connectivity index (χ4v) is 1.61. The molecule has 0 radical (unpaired) electrons. The smallest absolute Gasteiger partial charge is 0.0283 e. The molecule has 2 fully saturated rings. The largest absolute Gasteiger partial charge is 0.312 e. The van der Waals surface area contributed by atoms with E-state index in [-0.39, 0.29) is 0 Å². The van der Waals surface area contributed by atoms with E-state index in [9.17, 15) is 0 Å². The number of rotatable bonds is 3. The van der Waals surface area contributed by atoms with Crippen molar-refractivity contribution in [1.82, 2.24) is 10.3 Å². The van der Waals surface area contributed by atoms with Gasteiger partial charge < -0.3 is 5.32 Å². The Balaban J connectivity index is 0.000000396. The van der Waals surface area contributed by atoms with Crippen LogP contribution < -0.4 is 11.2 Å². The van der Waals surface area contributed by atoms with Gasteiger partial charge in [-0.1, -0.05) is 13.8 Å². The molecule has 2 aliphatic rings. The van der Waals surface area contributed by atoms with E-state index >= 15 is 0 Å². The van der Waals surface area contributed by atoms with E-state index < -0.39 is 0 Å². The third-order valence-electron chi connectivity index (χ3n) is 2.61. The topological polar surface area (TPSA) is 41.3 Å². The maximum absolute atomic E-state index is 5.64. The first-order chi connectivity index (χ1) is 6.34. The van der Waals surface area contributed by atoms with E-state index in [4.69, 9.17) is 5.84 Å². The van der Waals surface area contributed by atoms with Crippen LogP contribution in [0.15, 0.2) is 0 Å². The Bertz CT molecular complexity index is 134. The molecule has 1 unspecified atom stereocenters. The molecule has 1 heterocycles. The fourth-order valence-electron chi connectivity index (χ4n) is 1.61. The Labute approximate surface area is 81.6 Å². The number of hydrogen-bond donors (Lipinski definition) is 2. The van der Waals surface area contributed by atoms with Crippen LogP contribution in [0.5, 0.6) is 0 Å². The normalized spacial score (nSPS) is 28.4. The lowest BCUT2D eigenvalue weighted by atomic mass is 10.2. The van der Waals surface area contributed by atoms with Gasteiger partial charge in [0.25, 0.3) is 0 Å². The second kappa shape index (κ2) is 5.58. The van der Waals surface area contributed by atoms with Gasteiger partial charge in [-0.2, -0.15) is 0 Å². The van der Waals surface area contributed by atoms with E-state index in [0.717, 1.165) is 19.0 Å². The Morgan fingerprint density at radius 1 is 1.31 bits per heavy atom. The minimum absolute atomic E-state index is 0.667. The summed E-state index contributed by atoms with van der Waals surface area (Å²) in [7, 11) is 0. The molecule has 0 spiro atoms. The lowest BCUT2D eigenvalue weighted by Gasteiger charge is -2.11. The summed E-state index contributed by atoms with van der Waals surface area (Å²) in [4.78, 5) is 0. The van der Waals surface area contributed by atoms with Crippen LogP contribution >= 0.6 is 0 Å². The van der Waals surface area contributed by atoms with Crippen molar-refractivity contribution in [3.63, 3.8) is 0 Å². The second-order valence-electron chi connectivity index (χ2n) is 3.83. The van der Waals surface area contributed by atoms with Crippen LogP contribution in [0.4, 0.5) is 0 Å². The first-order valence-electron chi connectivity index (χ1n) is 5.57. The quantitative estimate of drug-likeness (QED) is 0.644. The molecule has 1 aliphatic carbocycles.